The van der Waals surface area contributed by atoms with Crippen molar-refractivity contribution in [3.8, 4) is 0 Å². The molecular weight excluding hydrogens is 312 g/mol. The number of hydrazone groups is 1. The predicted molar refractivity (Wildman–Crippen MR) is 92.0 cm³/mol. The summed E-state index contributed by atoms with van der Waals surface area (Å²) in [6.07, 6.45) is 3.81. The average Bonchev–Trinajstić information content (AvgIpc) is 3.01. The predicted octanol–water partition coefficient (Wildman–Crippen LogP) is 2.36. The number of amides is 1. The Kier molecular flexibility index (Phi) is 4.12. The third-order valence-electron chi connectivity index (χ3n) is 3.93. The van der Waals surface area contributed by atoms with Gasteiger partial charge in [-0.2, -0.15) is 5.10 Å². The zero-order chi connectivity index (χ0) is 16.6. The molecule has 2 N–H and O–H groups in total. The summed E-state index contributed by atoms with van der Waals surface area (Å²) in [5.41, 5.74) is 5.41. The molecule has 120 valence electrons. The maximum absolute atomic E-state index is 12.2. The molecule has 0 bridgehead atoms. The molecule has 0 spiro atoms. The van der Waals surface area contributed by atoms with E-state index in [4.69, 9.17) is 0 Å². The third-order valence-corrected chi connectivity index (χ3v) is 5.03. The van der Waals surface area contributed by atoms with Crippen molar-refractivity contribution in [2.24, 2.45) is 5.10 Å². The van der Waals surface area contributed by atoms with Crippen LogP contribution >= 0.6 is 11.3 Å². The van der Waals surface area contributed by atoms with Crippen LogP contribution in [0.15, 0.2) is 21.5 Å². The molecule has 0 fully saturated rings. The number of aromatic nitrogens is 2. The molecule has 1 aliphatic carbocycles. The Hall–Kier alpha value is -2.28. The van der Waals surface area contributed by atoms with Crippen LogP contribution in [0.1, 0.15) is 36.0 Å². The fraction of sp³-hybridized carbons (Fsp3) is 0.375. The lowest BCUT2D eigenvalue weighted by Crippen LogP contribution is -2.23. The minimum atomic E-state index is -0.289. The van der Waals surface area contributed by atoms with E-state index in [1.54, 1.807) is 0 Å². The van der Waals surface area contributed by atoms with Crippen LogP contribution in [0.4, 0.5) is 0 Å². The topological polar surface area (TPSA) is 87.2 Å². The first-order valence-corrected chi connectivity index (χ1v) is 8.27. The summed E-state index contributed by atoms with van der Waals surface area (Å²) < 4.78 is 0. The van der Waals surface area contributed by atoms with Crippen molar-refractivity contribution in [2.45, 2.75) is 40.0 Å². The van der Waals surface area contributed by atoms with Gasteiger partial charge in [-0.3, -0.25) is 9.59 Å². The smallest absolute Gasteiger partial charge is 0.259 e. The number of nitrogens with one attached hydrogen (secondary N) is 2. The molecule has 7 heteroatoms. The van der Waals surface area contributed by atoms with Crippen molar-refractivity contribution in [2.75, 3.05) is 0 Å². The molecule has 3 rings (SSSR count). The molecule has 2 aromatic heterocycles. The summed E-state index contributed by atoms with van der Waals surface area (Å²) in [6.45, 7) is 5.91. The van der Waals surface area contributed by atoms with Gasteiger partial charge in [-0.1, -0.05) is 5.57 Å². The van der Waals surface area contributed by atoms with Gasteiger partial charge in [-0.05, 0) is 45.3 Å². The van der Waals surface area contributed by atoms with Crippen molar-refractivity contribution in [1.29, 1.82) is 0 Å². The number of carbonyl (C=O) groups excluding carboxylic acids is 1. The van der Waals surface area contributed by atoms with Gasteiger partial charge in [0.05, 0.1) is 17.5 Å². The van der Waals surface area contributed by atoms with Crippen LogP contribution in [0.3, 0.4) is 0 Å². The van der Waals surface area contributed by atoms with Gasteiger partial charge in [0.15, 0.2) is 0 Å². The van der Waals surface area contributed by atoms with E-state index < -0.39 is 0 Å². The van der Waals surface area contributed by atoms with Crippen LogP contribution in [0.5, 0.6) is 0 Å². The second-order valence-corrected chi connectivity index (χ2v) is 6.98. The number of fused-ring (bicyclic) bond motifs is 1. The fourth-order valence-electron chi connectivity index (χ4n) is 2.55. The van der Waals surface area contributed by atoms with E-state index in [9.17, 15) is 9.59 Å². The van der Waals surface area contributed by atoms with Gasteiger partial charge in [0.2, 0.25) is 5.91 Å². The number of hydrogen-bond acceptors (Lipinski definition) is 5. The molecule has 2 heterocycles. The summed E-state index contributed by atoms with van der Waals surface area (Å²) in [4.78, 5) is 33.0. The maximum Gasteiger partial charge on any atom is 0.259 e. The largest absolute Gasteiger partial charge is 0.309 e. The number of rotatable bonds is 3. The van der Waals surface area contributed by atoms with E-state index in [-0.39, 0.29) is 17.9 Å². The first-order chi connectivity index (χ1) is 10.9. The molecule has 0 atom stereocenters. The van der Waals surface area contributed by atoms with Gasteiger partial charge in [-0.25, -0.2) is 10.4 Å². The summed E-state index contributed by atoms with van der Waals surface area (Å²) in [7, 11) is 0. The number of carbonyl (C=O) groups is 1. The lowest BCUT2D eigenvalue weighted by molar-refractivity contribution is -0.120. The fourth-order valence-corrected chi connectivity index (χ4v) is 3.60. The van der Waals surface area contributed by atoms with Gasteiger partial charge in [0.25, 0.3) is 5.56 Å². The minimum Gasteiger partial charge on any atom is -0.309 e. The highest BCUT2D eigenvalue weighted by Gasteiger charge is 2.14. The van der Waals surface area contributed by atoms with Gasteiger partial charge < -0.3 is 4.98 Å². The van der Waals surface area contributed by atoms with Gasteiger partial charge in [-0.15, -0.1) is 11.3 Å². The summed E-state index contributed by atoms with van der Waals surface area (Å²) in [5.74, 6) is 0.0718. The number of allylic oxidation sites excluding steroid dienone is 2. The molecule has 6 nitrogen and oxygen atoms in total. The SMILES string of the molecule is CC1=C/C(=N\NC(=O)Cc2nc3sc(C)c(C)c3c(=O)[nH]2)CC1. The number of hydrogen-bond donors (Lipinski definition) is 2. The number of nitrogens with zero attached hydrogens (tertiary/aromatic N) is 2. The molecular formula is C16H18N4O2S. The summed E-state index contributed by atoms with van der Waals surface area (Å²) >= 11 is 1.47. The van der Waals surface area contributed by atoms with Crippen LogP contribution in [0, 0.1) is 13.8 Å². The Balaban J connectivity index is 1.76. The number of aromatic amines is 1. The minimum absolute atomic E-state index is 0.000646. The van der Waals surface area contributed by atoms with E-state index in [1.165, 1.54) is 16.9 Å². The van der Waals surface area contributed by atoms with E-state index in [0.29, 0.717) is 16.0 Å². The molecule has 0 radical (unpaired) electrons. The standard InChI is InChI=1S/C16H18N4O2S/c1-8-4-5-11(6-8)19-20-13(21)7-12-17-15(22)14-9(2)10(3)23-16(14)18-12/h6H,4-5,7H2,1-3H3,(H,20,21)(H,17,18,22)/b19-11-. The first kappa shape index (κ1) is 15.6. The van der Waals surface area contributed by atoms with Gasteiger partial charge in [0.1, 0.15) is 10.7 Å². The van der Waals surface area contributed by atoms with Crippen LogP contribution in [-0.4, -0.2) is 21.6 Å². The number of thiophene rings is 1. The molecule has 2 aromatic rings. The lowest BCUT2D eigenvalue weighted by Gasteiger charge is -2.01. The van der Waals surface area contributed by atoms with Crippen molar-refractivity contribution < 1.29 is 4.79 Å². The van der Waals surface area contributed by atoms with E-state index >= 15 is 0 Å². The molecule has 0 unspecified atom stereocenters. The number of aryl methyl sites for hydroxylation is 2. The highest BCUT2D eigenvalue weighted by atomic mass is 32.1. The number of H-pyrrole nitrogens is 1. The Bertz CT molecular complexity index is 905. The molecule has 0 saturated heterocycles. The highest BCUT2D eigenvalue weighted by Crippen LogP contribution is 2.25. The van der Waals surface area contributed by atoms with Crippen LogP contribution in [0.2, 0.25) is 0 Å². The first-order valence-electron chi connectivity index (χ1n) is 7.45. The Labute approximate surface area is 137 Å². The van der Waals surface area contributed by atoms with Crippen molar-refractivity contribution in [3.05, 3.63) is 38.3 Å². The Morgan fingerprint density at radius 1 is 1.39 bits per heavy atom. The molecule has 0 aliphatic heterocycles. The molecule has 1 aliphatic rings. The monoisotopic (exact) mass is 330 g/mol. The summed E-state index contributed by atoms with van der Waals surface area (Å²) in [5, 5.41) is 4.71. The van der Waals surface area contributed by atoms with Gasteiger partial charge >= 0.3 is 0 Å². The molecule has 23 heavy (non-hydrogen) atoms. The second kappa shape index (κ2) is 6.08. The van der Waals surface area contributed by atoms with Crippen LogP contribution in [0.25, 0.3) is 10.2 Å². The molecule has 0 saturated carbocycles. The highest BCUT2D eigenvalue weighted by molar-refractivity contribution is 7.18. The van der Waals surface area contributed by atoms with Gasteiger partial charge in [0, 0.05) is 4.88 Å². The maximum atomic E-state index is 12.2. The zero-order valence-corrected chi connectivity index (χ0v) is 14.1. The van der Waals surface area contributed by atoms with Crippen LogP contribution < -0.4 is 11.0 Å². The quantitative estimate of drug-likeness (QED) is 0.847. The molecule has 1 amide bonds. The van der Waals surface area contributed by atoms with Crippen LogP contribution in [-0.2, 0) is 11.2 Å². The Morgan fingerprint density at radius 2 is 2.17 bits per heavy atom. The van der Waals surface area contributed by atoms with E-state index in [2.05, 4.69) is 20.5 Å². The van der Waals surface area contributed by atoms with E-state index in [1.807, 2.05) is 26.8 Å². The normalized spacial score (nSPS) is 16.1. The average molecular weight is 330 g/mol. The zero-order valence-electron chi connectivity index (χ0n) is 13.3. The van der Waals surface area contributed by atoms with Crippen molar-refractivity contribution >= 4 is 33.2 Å². The van der Waals surface area contributed by atoms with Crippen molar-refractivity contribution in [1.82, 2.24) is 15.4 Å². The third kappa shape index (κ3) is 3.24. The lowest BCUT2D eigenvalue weighted by atomic mass is 10.2. The second-order valence-electron chi connectivity index (χ2n) is 5.78. The summed E-state index contributed by atoms with van der Waals surface area (Å²) in [6, 6.07) is 0. The molecule has 0 aromatic carbocycles. The Morgan fingerprint density at radius 3 is 2.87 bits per heavy atom. The van der Waals surface area contributed by atoms with Crippen molar-refractivity contribution in [3.63, 3.8) is 0 Å². The van der Waals surface area contributed by atoms with E-state index in [0.717, 1.165) is 29.0 Å².